The van der Waals surface area contributed by atoms with Gasteiger partial charge in [0.25, 0.3) is 11.7 Å². The highest BCUT2D eigenvalue weighted by atomic mass is 16.4. The predicted octanol–water partition coefficient (Wildman–Crippen LogP) is 3.75. The van der Waals surface area contributed by atoms with E-state index in [1.807, 2.05) is 30.3 Å². The summed E-state index contributed by atoms with van der Waals surface area (Å²) in [5.74, 6) is -2.39. The van der Waals surface area contributed by atoms with E-state index < -0.39 is 23.7 Å². The van der Waals surface area contributed by atoms with Gasteiger partial charge in [0.15, 0.2) is 0 Å². The Kier molecular flexibility index (Phi) is 6.44. The lowest BCUT2D eigenvalue weighted by molar-refractivity contribution is -0.140. The number of aliphatic hydroxyl groups excluding tert-OH is 1. The molecule has 2 N–H and O–H groups in total. The molecule has 0 spiro atoms. The van der Waals surface area contributed by atoms with E-state index >= 15 is 0 Å². The van der Waals surface area contributed by atoms with Gasteiger partial charge in [0.2, 0.25) is 0 Å². The molecule has 0 aliphatic carbocycles. The number of unbranched alkanes of at least 4 members (excludes halogenated alkanes) is 2. The molecule has 1 amide bonds. The first-order chi connectivity index (χ1) is 14.0. The van der Waals surface area contributed by atoms with E-state index in [1.165, 1.54) is 4.90 Å². The number of nitrogens with zero attached hydrogens (tertiary/aromatic N) is 1. The fraction of sp³-hybridized carbons (Fsp3) is 0.261. The van der Waals surface area contributed by atoms with Crippen molar-refractivity contribution in [2.45, 2.75) is 31.7 Å². The molecular weight excluding hydrogens is 370 g/mol. The zero-order valence-electron chi connectivity index (χ0n) is 16.0. The Hall–Kier alpha value is -3.41. The van der Waals surface area contributed by atoms with E-state index in [2.05, 4.69) is 0 Å². The molecule has 1 aliphatic rings. The van der Waals surface area contributed by atoms with Gasteiger partial charge in [0.05, 0.1) is 11.6 Å². The molecule has 1 saturated heterocycles. The number of carboxylic acid groups (broad SMARTS) is 1. The summed E-state index contributed by atoms with van der Waals surface area (Å²) < 4.78 is 0. The molecule has 6 nitrogen and oxygen atoms in total. The molecule has 2 aromatic carbocycles. The summed E-state index contributed by atoms with van der Waals surface area (Å²) in [5, 5.41) is 19.6. The first-order valence-corrected chi connectivity index (χ1v) is 9.61. The fourth-order valence-corrected chi connectivity index (χ4v) is 3.58. The van der Waals surface area contributed by atoms with Crippen LogP contribution in [0, 0.1) is 0 Å². The number of likely N-dealkylation sites (tertiary alicyclic amines) is 1. The molecule has 0 unspecified atom stereocenters. The number of Topliss-reactive ketones (excluding diaryl/α,β-unsaturated/α-hetero) is 1. The summed E-state index contributed by atoms with van der Waals surface area (Å²) >= 11 is 0. The minimum Gasteiger partial charge on any atom is -0.507 e. The van der Waals surface area contributed by atoms with Crippen LogP contribution < -0.4 is 0 Å². The van der Waals surface area contributed by atoms with Crippen molar-refractivity contribution in [3.63, 3.8) is 0 Å². The van der Waals surface area contributed by atoms with Crippen molar-refractivity contribution >= 4 is 23.4 Å². The zero-order chi connectivity index (χ0) is 20.8. The Morgan fingerprint density at radius 2 is 1.48 bits per heavy atom. The van der Waals surface area contributed by atoms with Gasteiger partial charge in [-0.15, -0.1) is 0 Å². The van der Waals surface area contributed by atoms with E-state index in [1.54, 1.807) is 30.3 Å². The maximum Gasteiger partial charge on any atom is 0.303 e. The Balaban J connectivity index is 1.93. The number of carbonyl (C=O) groups is 3. The van der Waals surface area contributed by atoms with Crippen LogP contribution in [0.15, 0.2) is 66.2 Å². The normalized spacial score (nSPS) is 18.2. The third-order valence-electron chi connectivity index (χ3n) is 4.99. The van der Waals surface area contributed by atoms with Crippen LogP contribution in [0.2, 0.25) is 0 Å². The van der Waals surface area contributed by atoms with Gasteiger partial charge >= 0.3 is 5.97 Å². The molecule has 150 valence electrons. The van der Waals surface area contributed by atoms with Crippen molar-refractivity contribution in [2.75, 3.05) is 6.54 Å². The number of rotatable bonds is 8. The predicted molar refractivity (Wildman–Crippen MR) is 108 cm³/mol. The molecule has 0 aromatic heterocycles. The van der Waals surface area contributed by atoms with E-state index in [0.29, 0.717) is 31.4 Å². The molecule has 2 aromatic rings. The lowest BCUT2D eigenvalue weighted by Crippen LogP contribution is -2.30. The van der Waals surface area contributed by atoms with Gasteiger partial charge in [0, 0.05) is 18.5 Å². The summed E-state index contributed by atoms with van der Waals surface area (Å²) in [4.78, 5) is 37.7. The number of benzene rings is 2. The second-order valence-electron chi connectivity index (χ2n) is 6.97. The smallest absolute Gasteiger partial charge is 0.303 e. The van der Waals surface area contributed by atoms with Crippen molar-refractivity contribution in [1.29, 1.82) is 0 Å². The Labute approximate surface area is 169 Å². The first kappa shape index (κ1) is 20.3. The van der Waals surface area contributed by atoms with E-state index in [4.69, 9.17) is 5.11 Å². The van der Waals surface area contributed by atoms with Gasteiger partial charge in [0.1, 0.15) is 5.76 Å². The second kappa shape index (κ2) is 9.19. The van der Waals surface area contributed by atoms with Crippen molar-refractivity contribution < 1.29 is 24.6 Å². The molecule has 0 bridgehead atoms. The summed E-state index contributed by atoms with van der Waals surface area (Å²) in [6.45, 7) is 0.315. The second-order valence-corrected chi connectivity index (χ2v) is 6.97. The Bertz CT molecular complexity index is 921. The third-order valence-corrected chi connectivity index (χ3v) is 4.99. The van der Waals surface area contributed by atoms with Crippen LogP contribution in [0.3, 0.4) is 0 Å². The van der Waals surface area contributed by atoms with Crippen LogP contribution in [-0.4, -0.2) is 39.3 Å². The topological polar surface area (TPSA) is 94.9 Å². The summed E-state index contributed by atoms with van der Waals surface area (Å²) in [6.07, 6.45) is 1.80. The van der Waals surface area contributed by atoms with Gasteiger partial charge in [-0.3, -0.25) is 14.4 Å². The van der Waals surface area contributed by atoms with Crippen LogP contribution in [-0.2, 0) is 14.4 Å². The molecule has 1 aliphatic heterocycles. The Morgan fingerprint density at radius 1 is 0.862 bits per heavy atom. The molecule has 0 saturated carbocycles. The quantitative estimate of drug-likeness (QED) is 0.308. The SMILES string of the molecule is O=C(O)CCCCCN1C(=O)C(=O)C(=C(O)c2ccccc2)[C@@H]1c1ccccc1. The number of ketones is 1. The highest BCUT2D eigenvalue weighted by Gasteiger charge is 2.45. The first-order valence-electron chi connectivity index (χ1n) is 9.61. The van der Waals surface area contributed by atoms with Crippen molar-refractivity contribution in [2.24, 2.45) is 0 Å². The molecule has 1 atom stereocenters. The van der Waals surface area contributed by atoms with Crippen LogP contribution >= 0.6 is 0 Å². The number of hydrogen-bond donors (Lipinski definition) is 2. The van der Waals surface area contributed by atoms with Gasteiger partial charge in [-0.05, 0) is 18.4 Å². The lowest BCUT2D eigenvalue weighted by atomic mass is 9.95. The van der Waals surface area contributed by atoms with E-state index in [0.717, 1.165) is 5.56 Å². The van der Waals surface area contributed by atoms with E-state index in [-0.39, 0.29) is 17.8 Å². The molecule has 3 rings (SSSR count). The number of hydrogen-bond acceptors (Lipinski definition) is 4. The lowest BCUT2D eigenvalue weighted by Gasteiger charge is -2.25. The van der Waals surface area contributed by atoms with Crippen molar-refractivity contribution in [1.82, 2.24) is 4.90 Å². The molecule has 1 heterocycles. The molecular formula is C23H23NO5. The van der Waals surface area contributed by atoms with Gasteiger partial charge in [-0.2, -0.15) is 0 Å². The molecule has 1 fully saturated rings. The largest absolute Gasteiger partial charge is 0.507 e. The van der Waals surface area contributed by atoms with Gasteiger partial charge in [-0.25, -0.2) is 0 Å². The summed E-state index contributed by atoms with van der Waals surface area (Å²) in [5.41, 5.74) is 1.31. The molecule has 29 heavy (non-hydrogen) atoms. The fourth-order valence-electron chi connectivity index (χ4n) is 3.58. The summed E-state index contributed by atoms with van der Waals surface area (Å²) in [7, 11) is 0. The van der Waals surface area contributed by atoms with Crippen LogP contribution in [0.1, 0.15) is 42.9 Å². The monoisotopic (exact) mass is 393 g/mol. The van der Waals surface area contributed by atoms with Crippen molar-refractivity contribution in [3.05, 3.63) is 77.4 Å². The molecule has 6 heteroatoms. The average Bonchev–Trinajstić information content (AvgIpc) is 2.99. The Morgan fingerprint density at radius 3 is 2.10 bits per heavy atom. The van der Waals surface area contributed by atoms with Crippen LogP contribution in [0.4, 0.5) is 0 Å². The van der Waals surface area contributed by atoms with Crippen LogP contribution in [0.5, 0.6) is 0 Å². The summed E-state index contributed by atoms with van der Waals surface area (Å²) in [6, 6.07) is 17.2. The number of carboxylic acids is 1. The standard InChI is InChI=1S/C23H23NO5/c25-18(26)14-8-3-9-15-24-20(16-10-4-1-5-11-16)19(22(28)23(24)29)21(27)17-12-6-2-7-13-17/h1-2,4-7,10-13,20,27H,3,8-9,14-15H2,(H,25,26)/t20-/m0/s1. The van der Waals surface area contributed by atoms with Crippen molar-refractivity contribution in [3.8, 4) is 0 Å². The maximum atomic E-state index is 12.8. The van der Waals surface area contributed by atoms with Gasteiger partial charge < -0.3 is 15.1 Å². The van der Waals surface area contributed by atoms with Crippen LogP contribution in [0.25, 0.3) is 5.76 Å². The highest BCUT2D eigenvalue weighted by molar-refractivity contribution is 6.46. The maximum absolute atomic E-state index is 12.8. The third kappa shape index (κ3) is 4.54. The minimum absolute atomic E-state index is 0.0783. The number of aliphatic hydroxyl groups is 1. The van der Waals surface area contributed by atoms with E-state index in [9.17, 15) is 19.5 Å². The average molecular weight is 393 g/mol. The number of aliphatic carboxylic acids is 1. The zero-order valence-corrected chi connectivity index (χ0v) is 16.0. The molecule has 0 radical (unpaired) electrons. The number of amides is 1. The van der Waals surface area contributed by atoms with Gasteiger partial charge in [-0.1, -0.05) is 67.1 Å². The number of carbonyl (C=O) groups excluding carboxylic acids is 2. The highest BCUT2D eigenvalue weighted by Crippen LogP contribution is 2.39. The minimum atomic E-state index is -0.849.